The Bertz CT molecular complexity index is 1070. The second-order valence-electron chi connectivity index (χ2n) is 6.01. The molecule has 1 N–H and O–H groups in total. The van der Waals surface area contributed by atoms with Gasteiger partial charge in [0.2, 0.25) is 0 Å². The van der Waals surface area contributed by atoms with Crippen LogP contribution >= 0.6 is 11.6 Å². The van der Waals surface area contributed by atoms with Crippen LogP contribution in [0.5, 0.6) is 5.75 Å². The molecule has 0 saturated carbocycles. The van der Waals surface area contributed by atoms with Crippen LogP contribution in [0.1, 0.15) is 20.7 Å². The maximum Gasteiger partial charge on any atom is 0.270 e. The molecule has 1 amide bonds. The zero-order valence-electron chi connectivity index (χ0n) is 15.0. The smallest absolute Gasteiger partial charge is 0.270 e. The second-order valence-corrected chi connectivity index (χ2v) is 6.44. The Balaban J connectivity index is 1.64. The summed E-state index contributed by atoms with van der Waals surface area (Å²) in [5, 5.41) is 14.0. The Morgan fingerprint density at radius 3 is 2.41 bits per heavy atom. The average Bonchev–Trinajstić information content (AvgIpc) is 2.73. The Kier molecular flexibility index (Phi) is 6.21. The van der Waals surface area contributed by atoms with E-state index in [1.807, 2.05) is 0 Å². The van der Waals surface area contributed by atoms with E-state index < -0.39 is 10.8 Å². The van der Waals surface area contributed by atoms with Crippen LogP contribution in [0.15, 0.2) is 72.8 Å². The summed E-state index contributed by atoms with van der Waals surface area (Å²) in [6.45, 7) is -0.177. The molecule has 0 aliphatic carbocycles. The predicted octanol–water partition coefficient (Wildman–Crippen LogP) is 4.76. The third kappa shape index (κ3) is 5.40. The van der Waals surface area contributed by atoms with E-state index in [-0.39, 0.29) is 23.6 Å². The normalized spacial score (nSPS) is 10.2. The van der Waals surface area contributed by atoms with Gasteiger partial charge in [0.25, 0.3) is 11.6 Å². The number of carbonyl (C=O) groups excluding carboxylic acids is 2. The van der Waals surface area contributed by atoms with Crippen LogP contribution < -0.4 is 10.1 Å². The fourth-order valence-corrected chi connectivity index (χ4v) is 2.62. The second kappa shape index (κ2) is 8.99. The number of ketones is 1. The minimum atomic E-state index is -0.567. The van der Waals surface area contributed by atoms with Crippen molar-refractivity contribution in [2.75, 3.05) is 11.9 Å². The SMILES string of the molecule is O=C(COc1cccc(NC(=O)c2cccc([N+](=O)[O-])c2)c1)c1ccc(Cl)cc1. The number of anilines is 1. The van der Waals surface area contributed by atoms with E-state index in [4.69, 9.17) is 16.3 Å². The highest BCUT2D eigenvalue weighted by atomic mass is 35.5. The summed E-state index contributed by atoms with van der Waals surface area (Å²) >= 11 is 5.81. The molecule has 0 atom stereocenters. The number of non-ortho nitro benzene ring substituents is 1. The van der Waals surface area contributed by atoms with Gasteiger partial charge in [0.05, 0.1) is 4.92 Å². The lowest BCUT2D eigenvalue weighted by atomic mass is 10.1. The first-order valence-corrected chi connectivity index (χ1v) is 8.87. The monoisotopic (exact) mass is 410 g/mol. The van der Waals surface area contributed by atoms with Gasteiger partial charge in [-0.05, 0) is 42.5 Å². The number of hydrogen-bond donors (Lipinski definition) is 1. The van der Waals surface area contributed by atoms with Crippen molar-refractivity contribution in [3.63, 3.8) is 0 Å². The minimum Gasteiger partial charge on any atom is -0.485 e. The van der Waals surface area contributed by atoms with Crippen LogP contribution in [0.2, 0.25) is 5.02 Å². The van der Waals surface area contributed by atoms with E-state index >= 15 is 0 Å². The summed E-state index contributed by atoms with van der Waals surface area (Å²) in [6.07, 6.45) is 0. The topological polar surface area (TPSA) is 98.5 Å². The van der Waals surface area contributed by atoms with Gasteiger partial charge in [-0.2, -0.15) is 0 Å². The number of benzene rings is 3. The molecular formula is C21H15ClN2O5. The third-order valence-corrected chi connectivity index (χ3v) is 4.20. The Labute approximate surface area is 171 Å². The molecule has 0 unspecified atom stereocenters. The largest absolute Gasteiger partial charge is 0.485 e. The summed E-state index contributed by atoms with van der Waals surface area (Å²) in [6, 6.07) is 18.4. The lowest BCUT2D eigenvalue weighted by molar-refractivity contribution is -0.384. The van der Waals surface area contributed by atoms with E-state index in [1.165, 1.54) is 24.3 Å². The number of nitrogens with one attached hydrogen (secondary N) is 1. The van der Waals surface area contributed by atoms with Gasteiger partial charge < -0.3 is 10.1 Å². The fraction of sp³-hybridized carbons (Fsp3) is 0.0476. The lowest BCUT2D eigenvalue weighted by Crippen LogP contribution is -2.13. The van der Waals surface area contributed by atoms with Crippen molar-refractivity contribution in [3.8, 4) is 5.75 Å². The lowest BCUT2D eigenvalue weighted by Gasteiger charge is -2.09. The molecule has 8 heteroatoms. The van der Waals surface area contributed by atoms with E-state index in [2.05, 4.69) is 5.32 Å². The number of nitrogens with zero attached hydrogens (tertiary/aromatic N) is 1. The van der Waals surface area contributed by atoms with Crippen molar-refractivity contribution in [1.29, 1.82) is 0 Å². The highest BCUT2D eigenvalue weighted by Crippen LogP contribution is 2.20. The van der Waals surface area contributed by atoms with Crippen molar-refractivity contribution in [2.24, 2.45) is 0 Å². The molecule has 0 aliphatic heterocycles. The summed E-state index contributed by atoms with van der Waals surface area (Å²) in [5.74, 6) is -0.319. The first-order chi connectivity index (χ1) is 13.9. The van der Waals surface area contributed by atoms with Crippen molar-refractivity contribution in [3.05, 3.63) is 99.1 Å². The number of hydrogen-bond acceptors (Lipinski definition) is 5. The maximum absolute atomic E-state index is 12.3. The van der Waals surface area contributed by atoms with Gasteiger partial charge in [-0.3, -0.25) is 19.7 Å². The van der Waals surface area contributed by atoms with E-state index in [9.17, 15) is 19.7 Å². The van der Waals surface area contributed by atoms with Gasteiger partial charge in [-0.1, -0.05) is 23.7 Å². The number of nitro benzene ring substituents is 1. The minimum absolute atomic E-state index is 0.156. The quantitative estimate of drug-likeness (QED) is 0.344. The first-order valence-electron chi connectivity index (χ1n) is 8.50. The van der Waals surface area contributed by atoms with Crippen LogP contribution in [-0.2, 0) is 0 Å². The van der Waals surface area contributed by atoms with Gasteiger partial charge in [0.15, 0.2) is 12.4 Å². The van der Waals surface area contributed by atoms with Crippen LogP contribution in [0.25, 0.3) is 0 Å². The molecule has 0 saturated heterocycles. The Hall–Kier alpha value is -3.71. The number of halogens is 1. The number of carbonyl (C=O) groups is 2. The summed E-state index contributed by atoms with van der Waals surface area (Å²) < 4.78 is 5.51. The van der Waals surface area contributed by atoms with Gasteiger partial charge in [-0.15, -0.1) is 0 Å². The molecule has 0 aliphatic rings. The van der Waals surface area contributed by atoms with Crippen molar-refractivity contribution < 1.29 is 19.2 Å². The third-order valence-electron chi connectivity index (χ3n) is 3.95. The highest BCUT2D eigenvalue weighted by Gasteiger charge is 2.12. The molecule has 29 heavy (non-hydrogen) atoms. The van der Waals surface area contributed by atoms with Crippen LogP contribution in [-0.4, -0.2) is 23.2 Å². The Morgan fingerprint density at radius 2 is 1.69 bits per heavy atom. The molecule has 3 aromatic rings. The molecule has 0 spiro atoms. The van der Waals surface area contributed by atoms with Crippen LogP contribution in [0, 0.1) is 10.1 Å². The number of amides is 1. The molecule has 7 nitrogen and oxygen atoms in total. The maximum atomic E-state index is 12.3. The number of ether oxygens (including phenoxy) is 1. The molecule has 0 aromatic heterocycles. The molecule has 0 radical (unpaired) electrons. The van der Waals surface area contributed by atoms with Crippen molar-refractivity contribution in [2.45, 2.75) is 0 Å². The van der Waals surface area contributed by atoms with E-state index in [0.29, 0.717) is 22.0 Å². The number of Topliss-reactive ketones (excluding diaryl/α,β-unsaturated/α-hetero) is 1. The molecule has 0 fully saturated rings. The molecule has 3 rings (SSSR count). The summed E-state index contributed by atoms with van der Waals surface area (Å²) in [4.78, 5) is 34.8. The van der Waals surface area contributed by atoms with Crippen molar-refractivity contribution in [1.82, 2.24) is 0 Å². The van der Waals surface area contributed by atoms with E-state index in [1.54, 1.807) is 48.5 Å². The van der Waals surface area contributed by atoms with Crippen LogP contribution in [0.3, 0.4) is 0 Å². The summed E-state index contributed by atoms with van der Waals surface area (Å²) in [7, 11) is 0. The van der Waals surface area contributed by atoms with Gasteiger partial charge in [0.1, 0.15) is 5.75 Å². The van der Waals surface area contributed by atoms with Gasteiger partial charge >= 0.3 is 0 Å². The van der Waals surface area contributed by atoms with Gasteiger partial charge in [-0.25, -0.2) is 0 Å². The molecular weight excluding hydrogens is 396 g/mol. The molecule has 0 bridgehead atoms. The van der Waals surface area contributed by atoms with Gasteiger partial charge in [0, 0.05) is 40.0 Å². The summed E-state index contributed by atoms with van der Waals surface area (Å²) in [5.41, 5.74) is 0.890. The highest BCUT2D eigenvalue weighted by molar-refractivity contribution is 6.30. The van der Waals surface area contributed by atoms with Crippen LogP contribution in [0.4, 0.5) is 11.4 Å². The number of rotatable bonds is 7. The Morgan fingerprint density at radius 1 is 0.966 bits per heavy atom. The standard InChI is InChI=1S/C21H15ClN2O5/c22-16-9-7-14(8-10-16)20(25)13-29-19-6-2-4-17(12-19)23-21(26)15-3-1-5-18(11-15)24(27)28/h1-12H,13H2,(H,23,26). The predicted molar refractivity (Wildman–Crippen MR) is 109 cm³/mol. The van der Waals surface area contributed by atoms with E-state index in [0.717, 1.165) is 0 Å². The molecule has 0 heterocycles. The fourth-order valence-electron chi connectivity index (χ4n) is 2.50. The molecule has 3 aromatic carbocycles. The van der Waals surface area contributed by atoms with Crippen molar-refractivity contribution >= 4 is 34.7 Å². The zero-order chi connectivity index (χ0) is 20.8. The number of nitro groups is 1. The first kappa shape index (κ1) is 20.0. The molecule has 146 valence electrons. The zero-order valence-corrected chi connectivity index (χ0v) is 15.8. The average molecular weight is 411 g/mol.